The zero-order chi connectivity index (χ0) is 9.97. The van der Waals surface area contributed by atoms with Gasteiger partial charge >= 0.3 is 0 Å². The molecule has 3 heteroatoms. The lowest BCUT2D eigenvalue weighted by atomic mass is 10.1. The van der Waals surface area contributed by atoms with Gasteiger partial charge in [-0.1, -0.05) is 19.1 Å². The minimum Gasteiger partial charge on any atom is -0.380 e. The Morgan fingerprint density at radius 2 is 2.14 bits per heavy atom. The molecule has 0 bridgehead atoms. The van der Waals surface area contributed by atoms with Crippen molar-refractivity contribution in [3.8, 4) is 0 Å². The fraction of sp³-hybridized carbons (Fsp3) is 0.455. The molecule has 1 aromatic carbocycles. The summed E-state index contributed by atoms with van der Waals surface area (Å²) in [6, 6.07) is 9.14. The summed E-state index contributed by atoms with van der Waals surface area (Å²) in [6.07, 6.45) is 0. The van der Waals surface area contributed by atoms with Gasteiger partial charge in [-0.25, -0.2) is 0 Å². The van der Waals surface area contributed by atoms with Crippen molar-refractivity contribution < 1.29 is 0 Å². The number of para-hydroxylation sites is 1. The predicted molar refractivity (Wildman–Crippen MR) is 73.1 cm³/mol. The van der Waals surface area contributed by atoms with E-state index in [1.165, 1.54) is 20.8 Å². The Hall–Kier alpha value is 0.100. The quantitative estimate of drug-likeness (QED) is 0.838. The molecule has 1 aromatic rings. The molecule has 1 saturated heterocycles. The molecule has 76 valence electrons. The van der Waals surface area contributed by atoms with Crippen LogP contribution >= 0.6 is 34.4 Å². The number of rotatable bonds is 2. The first-order chi connectivity index (χ1) is 6.77. The number of hydrogen-bond donors (Lipinski definition) is 1. The second-order valence-corrected chi connectivity index (χ2v) is 5.98. The first-order valence-corrected chi connectivity index (χ1v) is 7.09. The third-order valence-corrected chi connectivity index (χ3v) is 4.88. The lowest BCUT2D eigenvalue weighted by molar-refractivity contribution is 0.599. The van der Waals surface area contributed by atoms with Gasteiger partial charge in [-0.2, -0.15) is 11.8 Å². The molecule has 0 spiro atoms. The molecule has 1 N–H and O–H groups in total. The fourth-order valence-electron chi connectivity index (χ4n) is 1.62. The van der Waals surface area contributed by atoms with Crippen LogP contribution in [0.15, 0.2) is 24.3 Å². The highest BCUT2D eigenvalue weighted by Gasteiger charge is 2.23. The molecule has 1 aliphatic heterocycles. The Kier molecular flexibility index (Phi) is 3.60. The fourth-order valence-corrected chi connectivity index (χ4v) is 3.57. The van der Waals surface area contributed by atoms with E-state index in [-0.39, 0.29) is 0 Å². The van der Waals surface area contributed by atoms with Crippen LogP contribution < -0.4 is 5.32 Å². The lowest BCUT2D eigenvalue weighted by Crippen LogP contribution is -2.25. The molecular weight excluding hydrogens is 305 g/mol. The third-order valence-electron chi connectivity index (χ3n) is 2.58. The van der Waals surface area contributed by atoms with Crippen LogP contribution in [0.4, 0.5) is 5.69 Å². The largest absolute Gasteiger partial charge is 0.380 e. The molecule has 1 heterocycles. The average molecular weight is 319 g/mol. The second kappa shape index (κ2) is 4.75. The van der Waals surface area contributed by atoms with Crippen molar-refractivity contribution in [1.29, 1.82) is 0 Å². The van der Waals surface area contributed by atoms with Crippen LogP contribution in [0.5, 0.6) is 0 Å². The van der Waals surface area contributed by atoms with Crippen molar-refractivity contribution in [2.75, 3.05) is 16.8 Å². The highest BCUT2D eigenvalue weighted by Crippen LogP contribution is 2.28. The van der Waals surface area contributed by atoms with E-state index in [9.17, 15) is 0 Å². The van der Waals surface area contributed by atoms with Gasteiger partial charge in [0.15, 0.2) is 0 Å². The van der Waals surface area contributed by atoms with Crippen LogP contribution in [0, 0.1) is 9.49 Å². The molecule has 0 aliphatic carbocycles. The molecule has 2 rings (SSSR count). The maximum atomic E-state index is 3.63. The summed E-state index contributed by atoms with van der Waals surface area (Å²) in [4.78, 5) is 0. The summed E-state index contributed by atoms with van der Waals surface area (Å²) in [5, 5.41) is 3.63. The zero-order valence-electron chi connectivity index (χ0n) is 8.16. The summed E-state index contributed by atoms with van der Waals surface area (Å²) in [6.45, 7) is 2.33. The Bertz CT molecular complexity index is 316. The molecule has 0 amide bonds. The Morgan fingerprint density at radius 3 is 2.79 bits per heavy atom. The van der Waals surface area contributed by atoms with E-state index in [0.717, 1.165) is 5.92 Å². The molecule has 2 atom stereocenters. The Labute approximate surface area is 103 Å². The molecule has 1 nitrogen and oxygen atoms in total. The number of nitrogens with one attached hydrogen (secondary N) is 1. The van der Waals surface area contributed by atoms with E-state index in [1.54, 1.807) is 0 Å². The summed E-state index contributed by atoms with van der Waals surface area (Å²) in [7, 11) is 0. The number of anilines is 1. The van der Waals surface area contributed by atoms with Crippen LogP contribution in [0.2, 0.25) is 0 Å². The summed E-state index contributed by atoms with van der Waals surface area (Å²) < 4.78 is 1.31. The molecule has 2 unspecified atom stereocenters. The SMILES string of the molecule is CC1CSCC1Nc1ccccc1I. The van der Waals surface area contributed by atoms with Gasteiger partial charge in [-0.15, -0.1) is 0 Å². The van der Waals surface area contributed by atoms with Gasteiger partial charge in [0.1, 0.15) is 0 Å². The van der Waals surface area contributed by atoms with Gasteiger partial charge in [0, 0.05) is 21.1 Å². The van der Waals surface area contributed by atoms with E-state index >= 15 is 0 Å². The van der Waals surface area contributed by atoms with Crippen LogP contribution in [0.3, 0.4) is 0 Å². The third kappa shape index (κ3) is 2.37. The number of benzene rings is 1. The molecule has 0 aromatic heterocycles. The molecule has 1 fully saturated rings. The Balaban J connectivity index is 2.07. The molecule has 0 saturated carbocycles. The standard InChI is InChI=1S/C11H14INS/c1-8-6-14-7-11(8)13-10-5-3-2-4-9(10)12/h2-5,8,11,13H,6-7H2,1H3. The minimum absolute atomic E-state index is 0.649. The van der Waals surface area contributed by atoms with E-state index in [4.69, 9.17) is 0 Å². The second-order valence-electron chi connectivity index (χ2n) is 3.75. The minimum atomic E-state index is 0.649. The highest BCUT2D eigenvalue weighted by atomic mass is 127. The van der Waals surface area contributed by atoms with Crippen molar-refractivity contribution in [1.82, 2.24) is 0 Å². The van der Waals surface area contributed by atoms with E-state index in [0.29, 0.717) is 6.04 Å². The zero-order valence-corrected chi connectivity index (χ0v) is 11.1. The highest BCUT2D eigenvalue weighted by molar-refractivity contribution is 14.1. The monoisotopic (exact) mass is 319 g/mol. The van der Waals surface area contributed by atoms with E-state index in [2.05, 4.69) is 70.9 Å². The van der Waals surface area contributed by atoms with Gasteiger partial charge in [-0.05, 0) is 46.4 Å². The van der Waals surface area contributed by atoms with Crippen LogP contribution in [0.25, 0.3) is 0 Å². The Morgan fingerprint density at radius 1 is 1.36 bits per heavy atom. The first-order valence-electron chi connectivity index (χ1n) is 4.86. The van der Waals surface area contributed by atoms with Crippen LogP contribution in [-0.2, 0) is 0 Å². The van der Waals surface area contributed by atoms with Crippen molar-refractivity contribution in [3.63, 3.8) is 0 Å². The summed E-state index contributed by atoms with van der Waals surface area (Å²) >= 11 is 4.44. The van der Waals surface area contributed by atoms with E-state index in [1.807, 2.05) is 0 Å². The van der Waals surface area contributed by atoms with Gasteiger partial charge in [-0.3, -0.25) is 0 Å². The van der Waals surface area contributed by atoms with Crippen molar-refractivity contribution in [2.45, 2.75) is 13.0 Å². The molecular formula is C11H14INS. The van der Waals surface area contributed by atoms with Crippen molar-refractivity contribution >= 4 is 40.0 Å². The van der Waals surface area contributed by atoms with Crippen LogP contribution in [-0.4, -0.2) is 17.5 Å². The van der Waals surface area contributed by atoms with E-state index < -0.39 is 0 Å². The number of halogens is 1. The summed E-state index contributed by atoms with van der Waals surface area (Å²) in [5.74, 6) is 3.32. The maximum absolute atomic E-state index is 3.63. The smallest absolute Gasteiger partial charge is 0.0478 e. The topological polar surface area (TPSA) is 12.0 Å². The van der Waals surface area contributed by atoms with Crippen molar-refractivity contribution in [3.05, 3.63) is 27.8 Å². The predicted octanol–water partition coefficient (Wildman–Crippen LogP) is 3.45. The van der Waals surface area contributed by atoms with Gasteiger partial charge < -0.3 is 5.32 Å². The number of hydrogen-bond acceptors (Lipinski definition) is 2. The van der Waals surface area contributed by atoms with Gasteiger partial charge in [0.2, 0.25) is 0 Å². The summed E-state index contributed by atoms with van der Waals surface area (Å²) in [5.41, 5.74) is 1.28. The first kappa shape index (κ1) is 10.6. The maximum Gasteiger partial charge on any atom is 0.0478 e. The van der Waals surface area contributed by atoms with Gasteiger partial charge in [0.25, 0.3) is 0 Å². The van der Waals surface area contributed by atoms with Gasteiger partial charge in [0.05, 0.1) is 0 Å². The van der Waals surface area contributed by atoms with Crippen LogP contribution in [0.1, 0.15) is 6.92 Å². The molecule has 0 radical (unpaired) electrons. The normalized spacial score (nSPS) is 26.4. The van der Waals surface area contributed by atoms with Crippen molar-refractivity contribution in [2.24, 2.45) is 5.92 Å². The lowest BCUT2D eigenvalue weighted by Gasteiger charge is -2.18. The molecule has 1 aliphatic rings. The number of thioether (sulfide) groups is 1. The molecule has 14 heavy (non-hydrogen) atoms. The average Bonchev–Trinajstić information content (AvgIpc) is 2.56.